The molecule has 2 atom stereocenters. The molecule has 43 heavy (non-hydrogen) atoms. The third-order valence-corrected chi connectivity index (χ3v) is 13.0. The number of rotatable bonds is 8. The van der Waals surface area contributed by atoms with E-state index in [2.05, 4.69) is 104 Å². The summed E-state index contributed by atoms with van der Waals surface area (Å²) in [6, 6.07) is 32.7. The van der Waals surface area contributed by atoms with E-state index in [1.165, 1.54) is 10.4 Å². The molecule has 0 N–H and O–H groups in total. The third kappa shape index (κ3) is 6.79. The molecule has 0 aliphatic heterocycles. The molecule has 1 heterocycles. The zero-order valence-corrected chi connectivity index (χ0v) is 26.7. The molecule has 6 nitrogen and oxygen atoms in total. The van der Waals surface area contributed by atoms with Gasteiger partial charge in [-0.3, -0.25) is 0 Å². The molecule has 4 aromatic rings. The second-order valence-corrected chi connectivity index (χ2v) is 16.5. The Bertz CT molecular complexity index is 1480. The van der Waals surface area contributed by atoms with Gasteiger partial charge in [0.2, 0.25) is 5.95 Å². The summed E-state index contributed by atoms with van der Waals surface area (Å²) >= 11 is 0. The summed E-state index contributed by atoms with van der Waals surface area (Å²) in [5.41, 5.74) is 2.53. The van der Waals surface area contributed by atoms with Gasteiger partial charge in [0.15, 0.2) is 0 Å². The molecular weight excluding hydrogens is 551 g/mol. The standard InChI is InChI=1S/C36H41N3O3Si/c1-27-25-28(2)38-34(37-27)39(35(40)41-26-29-15-9-6-10-16-29)30-21-23-31(24-22-30)42-43(36(3,4)5,32-17-11-7-12-18-32)33-19-13-8-14-20-33/h6-21,23,25,30-31H,22,24,26H2,1-5H3/t30-,31+/m1/s1. The van der Waals surface area contributed by atoms with Crippen molar-refractivity contribution in [3.05, 3.63) is 126 Å². The number of aryl methyl sites for hydroxylation is 2. The predicted octanol–water partition coefficient (Wildman–Crippen LogP) is 6.90. The summed E-state index contributed by atoms with van der Waals surface area (Å²) in [5, 5.41) is 2.37. The van der Waals surface area contributed by atoms with Crippen LogP contribution in [0, 0.1) is 13.8 Å². The molecule has 7 heteroatoms. The fourth-order valence-electron chi connectivity index (χ4n) is 5.98. The molecule has 0 saturated heterocycles. The lowest BCUT2D eigenvalue weighted by atomic mass is 10.00. The van der Waals surface area contributed by atoms with Crippen LogP contribution in [-0.2, 0) is 15.8 Å². The fraction of sp³-hybridized carbons (Fsp3) is 0.306. The smallest absolute Gasteiger partial charge is 0.417 e. The Balaban J connectivity index is 1.45. The molecule has 5 rings (SSSR count). The van der Waals surface area contributed by atoms with Gasteiger partial charge in [-0.1, -0.05) is 124 Å². The minimum Gasteiger partial charge on any atom is -0.444 e. The van der Waals surface area contributed by atoms with Crippen molar-refractivity contribution in [2.75, 3.05) is 4.90 Å². The molecule has 3 aromatic carbocycles. The van der Waals surface area contributed by atoms with Gasteiger partial charge in [-0.05, 0) is 53.7 Å². The van der Waals surface area contributed by atoms with Crippen LogP contribution in [0.15, 0.2) is 109 Å². The van der Waals surface area contributed by atoms with Gasteiger partial charge in [-0.25, -0.2) is 19.7 Å². The molecule has 0 radical (unpaired) electrons. The van der Waals surface area contributed by atoms with Crippen LogP contribution in [0.2, 0.25) is 5.04 Å². The molecule has 0 saturated carbocycles. The fourth-order valence-corrected chi connectivity index (χ4v) is 10.6. The van der Waals surface area contributed by atoms with Crippen molar-refractivity contribution < 1.29 is 14.0 Å². The largest absolute Gasteiger partial charge is 0.444 e. The average molecular weight is 592 g/mol. The number of benzene rings is 3. The Hall–Kier alpha value is -4.07. The summed E-state index contributed by atoms with van der Waals surface area (Å²) < 4.78 is 13.1. The molecule has 1 aromatic heterocycles. The first kappa shape index (κ1) is 30.4. The van der Waals surface area contributed by atoms with E-state index < -0.39 is 14.4 Å². The Labute approximate surface area is 256 Å². The number of anilines is 1. The monoisotopic (exact) mass is 591 g/mol. The van der Waals surface area contributed by atoms with Gasteiger partial charge in [-0.2, -0.15) is 0 Å². The summed E-state index contributed by atoms with van der Waals surface area (Å²) in [5.74, 6) is 0.358. The average Bonchev–Trinajstić information content (AvgIpc) is 3.00. The van der Waals surface area contributed by atoms with E-state index >= 15 is 0 Å². The number of ether oxygens (including phenoxy) is 1. The molecule has 1 aliphatic rings. The zero-order chi connectivity index (χ0) is 30.5. The Morgan fingerprint density at radius 3 is 1.84 bits per heavy atom. The number of hydrogen-bond acceptors (Lipinski definition) is 5. The molecule has 0 fully saturated rings. The lowest BCUT2D eigenvalue weighted by molar-refractivity contribution is 0.143. The van der Waals surface area contributed by atoms with Gasteiger partial charge in [0.1, 0.15) is 6.61 Å². The lowest BCUT2D eigenvalue weighted by Gasteiger charge is -2.45. The number of carbonyl (C=O) groups is 1. The zero-order valence-electron chi connectivity index (χ0n) is 25.7. The SMILES string of the molecule is Cc1cc(C)nc(N(C(=O)OCc2ccccc2)[C@@H]2C=C[C@H](O[Si](c3ccccc3)(c3ccccc3)C(C)(C)C)CC2)n1. The highest BCUT2D eigenvalue weighted by molar-refractivity contribution is 6.99. The number of hydrogen-bond donors (Lipinski definition) is 0. The van der Waals surface area contributed by atoms with Gasteiger partial charge in [0.05, 0.1) is 12.1 Å². The molecule has 1 amide bonds. The highest BCUT2D eigenvalue weighted by Crippen LogP contribution is 2.39. The van der Waals surface area contributed by atoms with E-state index in [-0.39, 0.29) is 23.8 Å². The van der Waals surface area contributed by atoms with E-state index in [9.17, 15) is 4.79 Å². The first-order valence-electron chi connectivity index (χ1n) is 15.0. The highest BCUT2D eigenvalue weighted by atomic mass is 28.4. The first-order valence-corrected chi connectivity index (χ1v) is 16.9. The van der Waals surface area contributed by atoms with E-state index in [0.717, 1.165) is 23.4 Å². The van der Waals surface area contributed by atoms with Crippen molar-refractivity contribution >= 4 is 30.7 Å². The third-order valence-electron chi connectivity index (χ3n) is 7.96. The molecule has 0 unspecified atom stereocenters. The molecule has 222 valence electrons. The van der Waals surface area contributed by atoms with E-state index in [1.807, 2.05) is 50.2 Å². The highest BCUT2D eigenvalue weighted by Gasteiger charge is 2.51. The van der Waals surface area contributed by atoms with Crippen LogP contribution in [0.1, 0.15) is 50.6 Å². The van der Waals surface area contributed by atoms with Gasteiger partial charge >= 0.3 is 6.09 Å². The maximum absolute atomic E-state index is 13.6. The van der Waals surface area contributed by atoms with Crippen LogP contribution in [0.25, 0.3) is 0 Å². The van der Waals surface area contributed by atoms with Crippen molar-refractivity contribution in [2.45, 2.75) is 71.3 Å². The quantitative estimate of drug-likeness (QED) is 0.165. The van der Waals surface area contributed by atoms with E-state index in [4.69, 9.17) is 9.16 Å². The summed E-state index contributed by atoms with van der Waals surface area (Å²) in [6.07, 6.45) is 5.05. The van der Waals surface area contributed by atoms with Gasteiger partial charge in [0, 0.05) is 11.4 Å². The Kier molecular flexibility index (Phi) is 9.23. The van der Waals surface area contributed by atoms with Gasteiger partial charge in [-0.15, -0.1) is 0 Å². The second-order valence-electron chi connectivity index (χ2n) is 12.2. The van der Waals surface area contributed by atoms with Crippen LogP contribution in [-0.4, -0.2) is 36.5 Å². The van der Waals surface area contributed by atoms with E-state index in [1.54, 1.807) is 4.90 Å². The summed E-state index contributed by atoms with van der Waals surface area (Å²) in [6.45, 7) is 10.9. The van der Waals surface area contributed by atoms with Gasteiger partial charge < -0.3 is 9.16 Å². The van der Waals surface area contributed by atoms with Crippen molar-refractivity contribution in [3.63, 3.8) is 0 Å². The van der Waals surface area contributed by atoms with Crippen LogP contribution < -0.4 is 15.3 Å². The summed E-state index contributed by atoms with van der Waals surface area (Å²) in [4.78, 5) is 24.5. The Morgan fingerprint density at radius 2 is 1.35 bits per heavy atom. The van der Waals surface area contributed by atoms with Crippen LogP contribution in [0.5, 0.6) is 0 Å². The van der Waals surface area contributed by atoms with Crippen LogP contribution in [0.3, 0.4) is 0 Å². The van der Waals surface area contributed by atoms with Crippen molar-refractivity contribution in [2.24, 2.45) is 0 Å². The minimum atomic E-state index is -2.72. The lowest BCUT2D eigenvalue weighted by Crippen LogP contribution is -2.67. The Morgan fingerprint density at radius 1 is 0.814 bits per heavy atom. The normalized spacial score (nSPS) is 17.0. The molecule has 0 bridgehead atoms. The molecule has 0 spiro atoms. The molecule has 1 aliphatic carbocycles. The summed E-state index contributed by atoms with van der Waals surface area (Å²) in [7, 11) is -2.72. The minimum absolute atomic E-state index is 0.107. The first-order chi connectivity index (χ1) is 20.7. The van der Waals surface area contributed by atoms with Gasteiger partial charge in [0.25, 0.3) is 8.32 Å². The topological polar surface area (TPSA) is 64.6 Å². The van der Waals surface area contributed by atoms with Crippen molar-refractivity contribution in [1.29, 1.82) is 0 Å². The van der Waals surface area contributed by atoms with Crippen molar-refractivity contribution in [3.8, 4) is 0 Å². The maximum atomic E-state index is 13.6. The molecular formula is C36H41N3O3Si. The van der Waals surface area contributed by atoms with Crippen LogP contribution in [0.4, 0.5) is 10.7 Å². The number of carbonyl (C=O) groups excluding carboxylic acids is 1. The van der Waals surface area contributed by atoms with Crippen LogP contribution >= 0.6 is 0 Å². The maximum Gasteiger partial charge on any atom is 0.417 e. The van der Waals surface area contributed by atoms with Crippen molar-refractivity contribution in [1.82, 2.24) is 9.97 Å². The predicted molar refractivity (Wildman–Crippen MR) is 175 cm³/mol. The number of aromatic nitrogens is 2. The number of amides is 1. The van der Waals surface area contributed by atoms with E-state index in [0.29, 0.717) is 12.4 Å². The number of nitrogens with zero attached hydrogens (tertiary/aromatic N) is 3. The second kappa shape index (κ2) is 13.1.